The van der Waals surface area contributed by atoms with E-state index in [9.17, 15) is 4.79 Å². The minimum Gasteiger partial charge on any atom is -0.490 e. The molecule has 0 radical (unpaired) electrons. The molecule has 0 atom stereocenters. The van der Waals surface area contributed by atoms with Crippen LogP contribution in [0.1, 0.15) is 18.1 Å². The molecule has 0 fully saturated rings. The molecule has 0 N–H and O–H groups in total. The fourth-order valence-electron chi connectivity index (χ4n) is 3.57. The van der Waals surface area contributed by atoms with Gasteiger partial charge in [0.2, 0.25) is 0 Å². The van der Waals surface area contributed by atoms with Crippen LogP contribution >= 0.6 is 49.9 Å². The SMILES string of the molecule is CCOc1cc(/C=c2\sc3nc4ccccc4n3c2=O)cc(I)c1OCc1ccc(Br)cc1. The number of para-hydroxylation sites is 2. The Balaban J connectivity index is 1.52. The van der Waals surface area contributed by atoms with Crippen molar-refractivity contribution in [1.29, 1.82) is 0 Å². The monoisotopic (exact) mass is 632 g/mol. The lowest BCUT2D eigenvalue weighted by Gasteiger charge is -2.15. The first-order valence-electron chi connectivity index (χ1n) is 10.3. The van der Waals surface area contributed by atoms with Gasteiger partial charge in [-0.1, -0.05) is 51.5 Å². The molecule has 5 rings (SSSR count). The Labute approximate surface area is 215 Å². The van der Waals surface area contributed by atoms with Crippen LogP contribution < -0.4 is 19.6 Å². The van der Waals surface area contributed by atoms with Crippen molar-refractivity contribution in [1.82, 2.24) is 9.38 Å². The van der Waals surface area contributed by atoms with Crippen molar-refractivity contribution in [2.75, 3.05) is 6.61 Å². The summed E-state index contributed by atoms with van der Waals surface area (Å²) in [5, 5.41) is 0. The molecule has 5 aromatic rings. The third-order valence-electron chi connectivity index (χ3n) is 5.07. The highest BCUT2D eigenvalue weighted by Gasteiger charge is 2.14. The van der Waals surface area contributed by atoms with Crippen molar-refractivity contribution in [3.8, 4) is 11.5 Å². The second kappa shape index (κ2) is 9.44. The summed E-state index contributed by atoms with van der Waals surface area (Å²) in [7, 11) is 0. The molecule has 3 aromatic carbocycles. The number of hydrogen-bond donors (Lipinski definition) is 0. The number of nitrogens with zero attached hydrogens (tertiary/aromatic N) is 2. The topological polar surface area (TPSA) is 52.8 Å². The fraction of sp³-hybridized carbons (Fsp3) is 0.120. The van der Waals surface area contributed by atoms with Gasteiger partial charge in [0, 0.05) is 4.47 Å². The molecule has 5 nitrogen and oxygen atoms in total. The third kappa shape index (κ3) is 4.51. The Hall–Kier alpha value is -2.43. The van der Waals surface area contributed by atoms with Gasteiger partial charge in [-0.3, -0.25) is 4.79 Å². The van der Waals surface area contributed by atoms with E-state index in [2.05, 4.69) is 43.5 Å². The molecule has 2 heterocycles. The third-order valence-corrected chi connectivity index (χ3v) is 7.37. The molecule has 0 aliphatic carbocycles. The van der Waals surface area contributed by atoms with Crippen LogP contribution in [-0.4, -0.2) is 16.0 Å². The average Bonchev–Trinajstić information content (AvgIpc) is 3.31. The van der Waals surface area contributed by atoms with Crippen molar-refractivity contribution in [3.05, 3.63) is 94.7 Å². The largest absolute Gasteiger partial charge is 0.490 e. The number of ether oxygens (including phenoxy) is 2. The molecule has 8 heteroatoms. The average molecular weight is 633 g/mol. The lowest BCUT2D eigenvalue weighted by Crippen LogP contribution is -2.22. The van der Waals surface area contributed by atoms with E-state index in [0.717, 1.165) is 30.2 Å². The van der Waals surface area contributed by atoms with Gasteiger partial charge in [0.05, 0.1) is 25.7 Å². The number of imidazole rings is 1. The molecule has 0 saturated heterocycles. The van der Waals surface area contributed by atoms with Crippen LogP contribution in [0.2, 0.25) is 0 Å². The van der Waals surface area contributed by atoms with E-state index in [4.69, 9.17) is 9.47 Å². The smallest absolute Gasteiger partial charge is 0.274 e. The highest BCUT2D eigenvalue weighted by Crippen LogP contribution is 2.35. The van der Waals surface area contributed by atoms with Gasteiger partial charge in [0.15, 0.2) is 16.5 Å². The Morgan fingerprint density at radius 2 is 1.91 bits per heavy atom. The van der Waals surface area contributed by atoms with Gasteiger partial charge in [-0.25, -0.2) is 9.38 Å². The summed E-state index contributed by atoms with van der Waals surface area (Å²) in [5.74, 6) is 1.36. The standard InChI is InChI=1S/C25H18BrIN2O3S/c1-2-31-21-12-16(11-18(27)23(21)32-14-15-7-9-17(26)10-8-15)13-22-24(30)29-20-6-4-3-5-19(20)28-25(29)33-22/h3-13H,2,14H2,1H3/b22-13-. The van der Waals surface area contributed by atoms with E-state index in [1.165, 1.54) is 11.3 Å². The summed E-state index contributed by atoms with van der Waals surface area (Å²) < 4.78 is 16.3. The van der Waals surface area contributed by atoms with Gasteiger partial charge in [-0.05, 0) is 83.1 Å². The molecular formula is C25H18BrIN2O3S. The van der Waals surface area contributed by atoms with E-state index < -0.39 is 0 Å². The maximum absolute atomic E-state index is 13.1. The van der Waals surface area contributed by atoms with Crippen LogP contribution in [0.5, 0.6) is 11.5 Å². The van der Waals surface area contributed by atoms with Crippen molar-refractivity contribution >= 4 is 71.9 Å². The van der Waals surface area contributed by atoms with Crippen LogP contribution in [0, 0.1) is 3.57 Å². The Morgan fingerprint density at radius 3 is 2.70 bits per heavy atom. The predicted octanol–water partition coefficient (Wildman–Crippen LogP) is 5.80. The number of benzene rings is 3. The normalized spacial score (nSPS) is 12.0. The molecule has 0 unspecified atom stereocenters. The van der Waals surface area contributed by atoms with Crippen LogP contribution in [0.15, 0.2) is 69.9 Å². The molecule has 0 aliphatic heterocycles. The van der Waals surface area contributed by atoms with E-state index in [0.29, 0.717) is 34.2 Å². The van der Waals surface area contributed by atoms with Crippen LogP contribution in [-0.2, 0) is 6.61 Å². The van der Waals surface area contributed by atoms with Gasteiger partial charge < -0.3 is 9.47 Å². The first kappa shape index (κ1) is 22.4. The fourth-order valence-corrected chi connectivity index (χ4v) is 5.61. The molecule has 0 bridgehead atoms. The van der Waals surface area contributed by atoms with Crippen molar-refractivity contribution in [3.63, 3.8) is 0 Å². The zero-order chi connectivity index (χ0) is 22.9. The first-order valence-corrected chi connectivity index (χ1v) is 13.0. The maximum atomic E-state index is 13.1. The highest BCUT2D eigenvalue weighted by atomic mass is 127. The molecule has 33 heavy (non-hydrogen) atoms. The summed E-state index contributed by atoms with van der Waals surface area (Å²) in [6.45, 7) is 2.89. The van der Waals surface area contributed by atoms with E-state index in [1.54, 1.807) is 4.40 Å². The van der Waals surface area contributed by atoms with Gasteiger partial charge in [-0.15, -0.1) is 0 Å². The Bertz CT molecular complexity index is 1580. The second-order valence-corrected chi connectivity index (χ2v) is 10.4. The number of hydrogen-bond acceptors (Lipinski definition) is 5. The summed E-state index contributed by atoms with van der Waals surface area (Å²) >= 11 is 7.09. The number of halogens is 2. The number of rotatable bonds is 6. The van der Waals surface area contributed by atoms with E-state index >= 15 is 0 Å². The lowest BCUT2D eigenvalue weighted by atomic mass is 10.2. The quantitative estimate of drug-likeness (QED) is 0.222. The molecular weight excluding hydrogens is 615 g/mol. The summed E-state index contributed by atoms with van der Waals surface area (Å²) in [4.78, 5) is 18.4. The van der Waals surface area contributed by atoms with Gasteiger partial charge >= 0.3 is 0 Å². The second-order valence-electron chi connectivity index (χ2n) is 7.31. The number of aromatic nitrogens is 2. The molecule has 2 aromatic heterocycles. The van der Waals surface area contributed by atoms with Gasteiger partial charge in [0.25, 0.3) is 5.56 Å². The van der Waals surface area contributed by atoms with Crippen molar-refractivity contribution < 1.29 is 9.47 Å². The van der Waals surface area contributed by atoms with Crippen LogP contribution in [0.25, 0.3) is 22.1 Å². The van der Waals surface area contributed by atoms with Crippen LogP contribution in [0.4, 0.5) is 0 Å². The molecule has 166 valence electrons. The van der Waals surface area contributed by atoms with Crippen molar-refractivity contribution in [2.24, 2.45) is 0 Å². The van der Waals surface area contributed by atoms with Gasteiger partial charge in [-0.2, -0.15) is 0 Å². The van der Waals surface area contributed by atoms with Gasteiger partial charge in [0.1, 0.15) is 6.61 Å². The highest BCUT2D eigenvalue weighted by molar-refractivity contribution is 14.1. The lowest BCUT2D eigenvalue weighted by molar-refractivity contribution is 0.267. The maximum Gasteiger partial charge on any atom is 0.274 e. The van der Waals surface area contributed by atoms with Crippen molar-refractivity contribution in [2.45, 2.75) is 13.5 Å². The summed E-state index contributed by atoms with van der Waals surface area (Å²) in [6.07, 6.45) is 1.89. The Morgan fingerprint density at radius 1 is 1.12 bits per heavy atom. The minimum atomic E-state index is -0.0627. The summed E-state index contributed by atoms with van der Waals surface area (Å²) in [6, 6.07) is 19.6. The predicted molar refractivity (Wildman–Crippen MR) is 144 cm³/mol. The van der Waals surface area contributed by atoms with Crippen LogP contribution in [0.3, 0.4) is 0 Å². The number of thiazole rings is 1. The first-order chi connectivity index (χ1) is 16.0. The molecule has 0 saturated carbocycles. The molecule has 0 spiro atoms. The zero-order valence-corrected chi connectivity index (χ0v) is 22.1. The minimum absolute atomic E-state index is 0.0627. The van der Waals surface area contributed by atoms with E-state index in [-0.39, 0.29) is 5.56 Å². The zero-order valence-electron chi connectivity index (χ0n) is 17.5. The Kier molecular flexibility index (Phi) is 6.40. The number of fused-ring (bicyclic) bond motifs is 3. The summed E-state index contributed by atoms with van der Waals surface area (Å²) in [5.41, 5.74) is 3.54. The molecule has 0 amide bonds. The molecule has 0 aliphatic rings. The van der Waals surface area contributed by atoms with E-state index in [1.807, 2.05) is 73.7 Å².